The molecule has 0 N–H and O–H groups in total. The average molecular weight is 295 g/mol. The molecule has 0 radical (unpaired) electrons. The fourth-order valence-corrected chi connectivity index (χ4v) is 3.36. The highest BCUT2D eigenvalue weighted by Crippen LogP contribution is 2.31. The van der Waals surface area contributed by atoms with Crippen LogP contribution in [0, 0.1) is 6.92 Å². The molecule has 4 rings (SSSR count). The van der Waals surface area contributed by atoms with Crippen molar-refractivity contribution < 1.29 is 0 Å². The second-order valence-corrected chi connectivity index (χ2v) is 5.86. The number of pyridine rings is 1. The summed E-state index contributed by atoms with van der Waals surface area (Å²) in [6, 6.07) is 10.2. The molecule has 21 heavy (non-hydrogen) atoms. The summed E-state index contributed by atoms with van der Waals surface area (Å²) in [5, 5.41) is 15.1. The van der Waals surface area contributed by atoms with Gasteiger partial charge in [0, 0.05) is 23.1 Å². The van der Waals surface area contributed by atoms with Gasteiger partial charge in [-0.05, 0) is 19.1 Å². The van der Waals surface area contributed by atoms with Gasteiger partial charge in [-0.3, -0.25) is 4.98 Å². The molecule has 0 saturated heterocycles. The third kappa shape index (κ3) is 1.91. The lowest BCUT2D eigenvalue weighted by atomic mass is 10.1. The molecule has 0 saturated carbocycles. The van der Waals surface area contributed by atoms with Crippen LogP contribution < -0.4 is 0 Å². The molecule has 6 heteroatoms. The molecule has 0 amide bonds. The maximum Gasteiger partial charge on any atom is 0.234 e. The first-order chi connectivity index (χ1) is 10.3. The number of hydrogen-bond donors (Lipinski definition) is 0. The topological polar surface area (TPSA) is 56.0 Å². The Balaban J connectivity index is 2.01. The van der Waals surface area contributed by atoms with Gasteiger partial charge < -0.3 is 0 Å². The van der Waals surface area contributed by atoms with Crippen molar-refractivity contribution in [2.75, 3.05) is 0 Å². The lowest BCUT2D eigenvalue weighted by molar-refractivity contribution is 0.838. The van der Waals surface area contributed by atoms with E-state index in [1.54, 1.807) is 11.3 Å². The molecule has 0 aliphatic heterocycles. The molecule has 5 nitrogen and oxygen atoms in total. The van der Waals surface area contributed by atoms with Crippen LogP contribution in [0.2, 0.25) is 0 Å². The second kappa shape index (κ2) is 4.60. The molecule has 0 fully saturated rings. The highest BCUT2D eigenvalue weighted by Gasteiger charge is 2.14. The van der Waals surface area contributed by atoms with E-state index in [2.05, 4.69) is 39.3 Å². The number of rotatable bonds is 2. The van der Waals surface area contributed by atoms with Crippen LogP contribution in [-0.2, 0) is 6.42 Å². The Morgan fingerprint density at radius 2 is 2.05 bits per heavy atom. The van der Waals surface area contributed by atoms with Gasteiger partial charge in [0.2, 0.25) is 4.96 Å². The minimum atomic E-state index is 0.820. The number of nitrogens with zero attached hydrogens (tertiary/aromatic N) is 5. The maximum atomic E-state index is 4.69. The van der Waals surface area contributed by atoms with E-state index in [4.69, 9.17) is 0 Å². The molecular weight excluding hydrogens is 282 g/mol. The molecule has 4 aromatic rings. The van der Waals surface area contributed by atoms with Crippen molar-refractivity contribution in [3.63, 3.8) is 0 Å². The zero-order chi connectivity index (χ0) is 14.4. The van der Waals surface area contributed by atoms with Gasteiger partial charge in [-0.15, -0.1) is 10.2 Å². The number of hydrogen-bond acceptors (Lipinski definition) is 5. The molecule has 0 aliphatic rings. The number of fused-ring (bicyclic) bond motifs is 2. The minimum absolute atomic E-state index is 0.820. The van der Waals surface area contributed by atoms with E-state index in [0.29, 0.717) is 0 Å². The summed E-state index contributed by atoms with van der Waals surface area (Å²) in [7, 11) is 0. The van der Waals surface area contributed by atoms with Gasteiger partial charge in [0.25, 0.3) is 0 Å². The van der Waals surface area contributed by atoms with Crippen molar-refractivity contribution in [2.45, 2.75) is 20.3 Å². The summed E-state index contributed by atoms with van der Waals surface area (Å²) in [5.41, 5.74) is 3.09. The van der Waals surface area contributed by atoms with Gasteiger partial charge in [-0.2, -0.15) is 9.61 Å². The van der Waals surface area contributed by atoms with Crippen molar-refractivity contribution in [3.05, 3.63) is 41.9 Å². The molecule has 0 atom stereocenters. The third-order valence-corrected chi connectivity index (χ3v) is 4.38. The van der Waals surface area contributed by atoms with Gasteiger partial charge >= 0.3 is 0 Å². The smallest absolute Gasteiger partial charge is 0.234 e. The molecule has 0 aliphatic carbocycles. The normalized spacial score (nSPS) is 11.5. The van der Waals surface area contributed by atoms with E-state index < -0.39 is 0 Å². The Morgan fingerprint density at radius 1 is 1.19 bits per heavy atom. The Bertz CT molecular complexity index is 953. The van der Waals surface area contributed by atoms with Gasteiger partial charge in [-0.25, -0.2) is 0 Å². The van der Waals surface area contributed by atoms with E-state index in [0.717, 1.165) is 44.4 Å². The van der Waals surface area contributed by atoms with Gasteiger partial charge in [-0.1, -0.05) is 36.5 Å². The number of aryl methyl sites for hydroxylation is 2. The van der Waals surface area contributed by atoms with Crippen molar-refractivity contribution in [1.29, 1.82) is 0 Å². The Hall–Kier alpha value is -2.34. The zero-order valence-corrected chi connectivity index (χ0v) is 12.6. The van der Waals surface area contributed by atoms with E-state index in [9.17, 15) is 0 Å². The van der Waals surface area contributed by atoms with Gasteiger partial charge in [0.05, 0.1) is 5.52 Å². The monoisotopic (exact) mass is 295 g/mol. The number of benzene rings is 1. The Labute approximate surface area is 125 Å². The summed E-state index contributed by atoms with van der Waals surface area (Å²) in [4.78, 5) is 5.41. The van der Waals surface area contributed by atoms with Gasteiger partial charge in [0.1, 0.15) is 5.01 Å². The molecule has 0 bridgehead atoms. The Morgan fingerprint density at radius 3 is 2.90 bits per heavy atom. The van der Waals surface area contributed by atoms with Gasteiger partial charge in [0.15, 0.2) is 5.82 Å². The number of aromatic nitrogens is 5. The fraction of sp³-hybridized carbons (Fsp3) is 0.200. The van der Waals surface area contributed by atoms with Crippen LogP contribution in [0.25, 0.3) is 26.4 Å². The van der Waals surface area contributed by atoms with Crippen LogP contribution in [0.1, 0.15) is 18.4 Å². The van der Waals surface area contributed by atoms with Crippen LogP contribution >= 0.6 is 11.3 Å². The lowest BCUT2D eigenvalue weighted by Crippen LogP contribution is -1.94. The first kappa shape index (κ1) is 12.4. The lowest BCUT2D eigenvalue weighted by Gasteiger charge is -2.04. The van der Waals surface area contributed by atoms with Crippen molar-refractivity contribution in [1.82, 2.24) is 24.8 Å². The van der Waals surface area contributed by atoms with Crippen LogP contribution in [-0.4, -0.2) is 24.8 Å². The van der Waals surface area contributed by atoms with E-state index in [-0.39, 0.29) is 0 Å². The van der Waals surface area contributed by atoms with Crippen LogP contribution in [0.5, 0.6) is 0 Å². The highest BCUT2D eigenvalue weighted by atomic mass is 32.1. The fourth-order valence-electron chi connectivity index (χ4n) is 2.47. The van der Waals surface area contributed by atoms with Crippen LogP contribution in [0.4, 0.5) is 0 Å². The molecule has 1 aromatic carbocycles. The zero-order valence-electron chi connectivity index (χ0n) is 11.7. The molecule has 0 spiro atoms. The second-order valence-electron chi connectivity index (χ2n) is 4.90. The molecule has 3 heterocycles. The first-order valence-corrected chi connectivity index (χ1v) is 7.66. The summed E-state index contributed by atoms with van der Waals surface area (Å²) in [6.07, 6.45) is 0.820. The summed E-state index contributed by atoms with van der Waals surface area (Å²) < 4.78 is 1.84. The SMILES string of the molecule is CCc1nnc2sc(-c3cc(C)nc4ccccc34)nn12. The summed E-state index contributed by atoms with van der Waals surface area (Å²) in [6.45, 7) is 4.06. The Kier molecular flexibility index (Phi) is 2.71. The third-order valence-electron chi connectivity index (χ3n) is 3.45. The summed E-state index contributed by atoms with van der Waals surface area (Å²) in [5.74, 6) is 0.891. The van der Waals surface area contributed by atoms with Crippen molar-refractivity contribution in [3.8, 4) is 10.6 Å². The maximum absolute atomic E-state index is 4.69. The van der Waals surface area contributed by atoms with Crippen LogP contribution in [0.15, 0.2) is 30.3 Å². The molecule has 0 unspecified atom stereocenters. The quantitative estimate of drug-likeness (QED) is 0.569. The van der Waals surface area contributed by atoms with Crippen molar-refractivity contribution in [2.24, 2.45) is 0 Å². The molecule has 104 valence electrons. The van der Waals surface area contributed by atoms with E-state index in [1.807, 2.05) is 29.6 Å². The molecular formula is C15H13N5S. The predicted octanol–water partition coefficient (Wildman–Crippen LogP) is 3.27. The average Bonchev–Trinajstić information content (AvgIpc) is 3.06. The minimum Gasteiger partial charge on any atom is -0.253 e. The van der Waals surface area contributed by atoms with E-state index >= 15 is 0 Å². The first-order valence-electron chi connectivity index (χ1n) is 6.84. The highest BCUT2D eigenvalue weighted by molar-refractivity contribution is 7.19. The molecule has 3 aromatic heterocycles. The summed E-state index contributed by atoms with van der Waals surface area (Å²) >= 11 is 1.56. The van der Waals surface area contributed by atoms with Crippen molar-refractivity contribution >= 4 is 27.2 Å². The standard InChI is InChI=1S/C15H13N5S/c1-3-13-17-18-15-20(13)19-14(21-15)11-8-9(2)16-12-7-5-4-6-10(11)12/h4-8H,3H2,1-2H3. The van der Waals surface area contributed by atoms with Crippen LogP contribution in [0.3, 0.4) is 0 Å². The predicted molar refractivity (Wildman–Crippen MR) is 83.5 cm³/mol. The largest absolute Gasteiger partial charge is 0.253 e. The number of para-hydroxylation sites is 1. The van der Waals surface area contributed by atoms with E-state index in [1.165, 1.54) is 0 Å².